The molecule has 0 radical (unpaired) electrons. The van der Waals surface area contributed by atoms with Crippen molar-refractivity contribution in [2.24, 2.45) is 5.92 Å². The van der Waals surface area contributed by atoms with E-state index in [1.807, 2.05) is 43.3 Å². The van der Waals surface area contributed by atoms with Gasteiger partial charge >= 0.3 is 0 Å². The van der Waals surface area contributed by atoms with E-state index in [9.17, 15) is 8.42 Å². The molecule has 6 heteroatoms. The van der Waals surface area contributed by atoms with Crippen LogP contribution in [0.1, 0.15) is 24.5 Å². The number of furan rings is 1. The third kappa shape index (κ3) is 2.65. The smallest absolute Gasteiger partial charge is 0.275 e. The molecule has 2 atom stereocenters. The van der Waals surface area contributed by atoms with Gasteiger partial charge in [-0.1, -0.05) is 37.3 Å². The first-order valence-electron chi connectivity index (χ1n) is 7.02. The van der Waals surface area contributed by atoms with Crippen molar-refractivity contribution in [1.29, 1.82) is 5.26 Å². The number of benzene rings is 1. The topological polar surface area (TPSA) is 83.1 Å². The van der Waals surface area contributed by atoms with Gasteiger partial charge in [-0.15, -0.1) is 0 Å². The second-order valence-electron chi connectivity index (χ2n) is 5.76. The average Bonchev–Trinajstić information content (AvgIpc) is 2.92. The highest BCUT2D eigenvalue weighted by molar-refractivity contribution is 7.89. The van der Waals surface area contributed by atoms with Crippen LogP contribution in [0.15, 0.2) is 52.2 Å². The Hall–Kier alpha value is -2.10. The van der Waals surface area contributed by atoms with Crippen molar-refractivity contribution in [1.82, 2.24) is 4.72 Å². The first-order valence-corrected chi connectivity index (χ1v) is 8.51. The second kappa shape index (κ2) is 5.27. The third-order valence-electron chi connectivity index (χ3n) is 4.15. The largest absolute Gasteiger partial charge is 0.451 e. The molecule has 0 spiro atoms. The maximum Gasteiger partial charge on any atom is 0.275 e. The minimum atomic E-state index is -3.85. The van der Waals surface area contributed by atoms with Crippen LogP contribution in [0.25, 0.3) is 0 Å². The van der Waals surface area contributed by atoms with Gasteiger partial charge in [0, 0.05) is 5.54 Å². The Balaban J connectivity index is 1.86. The quantitative estimate of drug-likeness (QED) is 0.918. The van der Waals surface area contributed by atoms with Gasteiger partial charge in [0.1, 0.15) is 11.6 Å². The van der Waals surface area contributed by atoms with E-state index in [2.05, 4.69) is 4.72 Å². The van der Waals surface area contributed by atoms with Crippen LogP contribution in [0.5, 0.6) is 0 Å². The van der Waals surface area contributed by atoms with Gasteiger partial charge in [0.2, 0.25) is 0 Å². The molecule has 1 aromatic heterocycles. The number of nitriles is 1. The van der Waals surface area contributed by atoms with Crippen LogP contribution in [-0.4, -0.2) is 14.0 Å². The lowest BCUT2D eigenvalue weighted by atomic mass is 10.0. The van der Waals surface area contributed by atoms with E-state index in [4.69, 9.17) is 9.68 Å². The molecule has 0 amide bonds. The van der Waals surface area contributed by atoms with Gasteiger partial charge in [0.15, 0.2) is 0 Å². The molecule has 0 unspecified atom stereocenters. The van der Waals surface area contributed by atoms with E-state index in [0.29, 0.717) is 6.42 Å². The van der Waals surface area contributed by atoms with Gasteiger partial charge in [-0.2, -0.15) is 5.26 Å². The summed E-state index contributed by atoms with van der Waals surface area (Å²) in [5.74, 6) is 0.239. The highest BCUT2D eigenvalue weighted by Crippen LogP contribution is 2.46. The fourth-order valence-electron chi connectivity index (χ4n) is 2.77. The maximum atomic E-state index is 12.5. The predicted molar refractivity (Wildman–Crippen MR) is 80.4 cm³/mol. The van der Waals surface area contributed by atoms with E-state index >= 15 is 0 Å². The van der Waals surface area contributed by atoms with Crippen molar-refractivity contribution in [3.05, 3.63) is 53.8 Å². The fourth-order valence-corrected chi connectivity index (χ4v) is 4.34. The zero-order valence-electron chi connectivity index (χ0n) is 12.1. The lowest BCUT2D eigenvalue weighted by Crippen LogP contribution is -2.40. The van der Waals surface area contributed by atoms with E-state index < -0.39 is 15.6 Å². The molecule has 114 valence electrons. The predicted octanol–water partition coefficient (Wildman–Crippen LogP) is 2.45. The summed E-state index contributed by atoms with van der Waals surface area (Å²) in [7, 11) is -3.85. The van der Waals surface area contributed by atoms with Crippen LogP contribution in [0.4, 0.5) is 0 Å². The summed E-state index contributed by atoms with van der Waals surface area (Å²) in [6.07, 6.45) is 2.61. The van der Waals surface area contributed by atoms with Crippen LogP contribution in [-0.2, 0) is 16.4 Å². The van der Waals surface area contributed by atoms with Crippen molar-refractivity contribution in [2.45, 2.75) is 30.4 Å². The van der Waals surface area contributed by atoms with E-state index in [-0.39, 0.29) is 16.6 Å². The maximum absolute atomic E-state index is 12.5. The minimum absolute atomic E-state index is 0.0238. The molecule has 1 aliphatic carbocycles. The second-order valence-corrected chi connectivity index (χ2v) is 7.34. The van der Waals surface area contributed by atoms with Crippen molar-refractivity contribution >= 4 is 10.0 Å². The molecule has 5 nitrogen and oxygen atoms in total. The van der Waals surface area contributed by atoms with Crippen LogP contribution in [0.2, 0.25) is 0 Å². The molecule has 0 bridgehead atoms. The molecule has 1 aromatic carbocycles. The van der Waals surface area contributed by atoms with Crippen LogP contribution >= 0.6 is 0 Å². The van der Waals surface area contributed by atoms with E-state index in [1.165, 1.54) is 12.3 Å². The van der Waals surface area contributed by atoms with Crippen molar-refractivity contribution in [3.8, 4) is 6.07 Å². The standard InChI is InChI=1S/C16H16N2O3S/c1-12-9-16(12,10-13-5-3-2-4-6-13)18-22(19,20)15-14(11-17)7-8-21-15/h2-8,12,18H,9-10H2,1H3/t12-,16-/m1/s1. The van der Waals surface area contributed by atoms with Crippen LogP contribution in [0.3, 0.4) is 0 Å². The number of nitrogens with zero attached hydrogens (tertiary/aromatic N) is 1. The zero-order chi connectivity index (χ0) is 15.8. The average molecular weight is 316 g/mol. The highest BCUT2D eigenvalue weighted by atomic mass is 32.2. The van der Waals surface area contributed by atoms with Crippen molar-refractivity contribution in [2.75, 3.05) is 0 Å². The molecule has 1 N–H and O–H groups in total. The Morgan fingerprint density at radius 1 is 1.36 bits per heavy atom. The first-order chi connectivity index (χ1) is 10.5. The van der Waals surface area contributed by atoms with Gasteiger partial charge in [0.05, 0.1) is 6.26 Å². The number of nitrogens with one attached hydrogen (secondary N) is 1. The van der Waals surface area contributed by atoms with Crippen molar-refractivity contribution < 1.29 is 12.8 Å². The Labute approximate surface area is 129 Å². The Morgan fingerprint density at radius 3 is 2.64 bits per heavy atom. The van der Waals surface area contributed by atoms with Crippen molar-refractivity contribution in [3.63, 3.8) is 0 Å². The van der Waals surface area contributed by atoms with Gasteiger partial charge in [0.25, 0.3) is 15.1 Å². The Kier molecular flexibility index (Phi) is 3.55. The zero-order valence-corrected chi connectivity index (χ0v) is 12.9. The summed E-state index contributed by atoms with van der Waals surface area (Å²) >= 11 is 0. The summed E-state index contributed by atoms with van der Waals surface area (Å²) in [5, 5.41) is 8.67. The number of hydrogen-bond acceptors (Lipinski definition) is 4. The molecule has 2 aromatic rings. The molecular weight excluding hydrogens is 300 g/mol. The summed E-state index contributed by atoms with van der Waals surface area (Å²) in [4.78, 5) is 0. The molecular formula is C16H16N2O3S. The van der Waals surface area contributed by atoms with Crippen LogP contribution in [0, 0.1) is 17.2 Å². The monoisotopic (exact) mass is 316 g/mol. The molecule has 22 heavy (non-hydrogen) atoms. The van der Waals surface area contributed by atoms with Gasteiger partial charge in [-0.05, 0) is 30.4 Å². The molecule has 3 rings (SSSR count). The Morgan fingerprint density at radius 2 is 2.05 bits per heavy atom. The number of hydrogen-bond donors (Lipinski definition) is 1. The molecule has 1 saturated carbocycles. The minimum Gasteiger partial charge on any atom is -0.451 e. The van der Waals surface area contributed by atoms with E-state index in [1.54, 1.807) is 0 Å². The summed E-state index contributed by atoms with van der Waals surface area (Å²) in [6.45, 7) is 2.01. The number of rotatable bonds is 5. The summed E-state index contributed by atoms with van der Waals surface area (Å²) in [5.41, 5.74) is 0.602. The van der Waals surface area contributed by atoms with Gasteiger partial charge in [-0.25, -0.2) is 13.1 Å². The Bertz CT molecular complexity index is 821. The molecule has 1 heterocycles. The normalized spacial score (nSPS) is 23.9. The van der Waals surface area contributed by atoms with E-state index in [0.717, 1.165) is 12.0 Å². The lowest BCUT2D eigenvalue weighted by molar-refractivity contribution is 0.434. The van der Waals surface area contributed by atoms with Gasteiger partial charge in [-0.3, -0.25) is 0 Å². The van der Waals surface area contributed by atoms with Gasteiger partial charge < -0.3 is 4.42 Å². The fraction of sp³-hybridized carbons (Fsp3) is 0.312. The first kappa shape index (κ1) is 14.8. The summed E-state index contributed by atoms with van der Waals surface area (Å²) in [6, 6.07) is 13.0. The lowest BCUT2D eigenvalue weighted by Gasteiger charge is -2.18. The molecule has 0 aliphatic heterocycles. The SMILES string of the molecule is C[C@@H]1C[C@]1(Cc1ccccc1)NS(=O)(=O)c1occc1C#N. The molecule has 1 fully saturated rings. The summed E-state index contributed by atoms with van der Waals surface area (Å²) < 4.78 is 32.8. The van der Waals surface area contributed by atoms with Crippen LogP contribution < -0.4 is 4.72 Å². The number of sulfonamides is 1. The third-order valence-corrected chi connectivity index (χ3v) is 5.63. The highest BCUT2D eigenvalue weighted by Gasteiger charge is 2.54. The molecule has 1 aliphatic rings. The molecule has 0 saturated heterocycles.